The second-order valence-corrected chi connectivity index (χ2v) is 4.91. The molecule has 1 fully saturated rings. The molecule has 1 aromatic carbocycles. The van der Waals surface area contributed by atoms with Gasteiger partial charge in [-0.15, -0.1) is 10.2 Å². The van der Waals surface area contributed by atoms with Crippen molar-refractivity contribution in [2.75, 3.05) is 0 Å². The molecular formula is C14H18N4. The lowest BCUT2D eigenvalue weighted by atomic mass is 10.0. The molecule has 0 amide bonds. The zero-order valence-electron chi connectivity index (χ0n) is 10.6. The van der Waals surface area contributed by atoms with Gasteiger partial charge in [-0.1, -0.05) is 24.3 Å². The van der Waals surface area contributed by atoms with Crippen LogP contribution in [0.5, 0.6) is 0 Å². The first-order chi connectivity index (χ1) is 8.79. The number of nitrogens with two attached hydrogens (primary N) is 1. The van der Waals surface area contributed by atoms with E-state index in [2.05, 4.69) is 33.0 Å². The first kappa shape index (κ1) is 11.4. The van der Waals surface area contributed by atoms with Crippen LogP contribution in [0.15, 0.2) is 24.3 Å². The molecule has 4 nitrogen and oxygen atoms in total. The topological polar surface area (TPSA) is 56.7 Å². The van der Waals surface area contributed by atoms with Crippen molar-refractivity contribution in [1.82, 2.24) is 14.8 Å². The van der Waals surface area contributed by atoms with Crippen molar-refractivity contribution in [3.63, 3.8) is 0 Å². The van der Waals surface area contributed by atoms with Crippen LogP contribution in [0.4, 0.5) is 0 Å². The average molecular weight is 242 g/mol. The summed E-state index contributed by atoms with van der Waals surface area (Å²) in [7, 11) is 0. The van der Waals surface area contributed by atoms with Gasteiger partial charge in [-0.3, -0.25) is 0 Å². The Morgan fingerprint density at radius 2 is 1.94 bits per heavy atom. The van der Waals surface area contributed by atoms with Crippen molar-refractivity contribution in [3.8, 4) is 0 Å². The summed E-state index contributed by atoms with van der Waals surface area (Å²) >= 11 is 0. The van der Waals surface area contributed by atoms with Gasteiger partial charge in [0.25, 0.3) is 0 Å². The number of benzene rings is 1. The van der Waals surface area contributed by atoms with E-state index in [1.807, 2.05) is 13.0 Å². The fraction of sp³-hybridized carbons (Fsp3) is 0.429. The summed E-state index contributed by atoms with van der Waals surface area (Å²) in [6.07, 6.45) is 3.33. The summed E-state index contributed by atoms with van der Waals surface area (Å²) in [5, 5.41) is 8.53. The van der Waals surface area contributed by atoms with Gasteiger partial charge < -0.3 is 10.3 Å². The Bertz CT molecular complexity index is 555. The molecule has 2 N–H and O–H groups in total. The highest BCUT2D eigenvalue weighted by Gasteiger charge is 2.28. The van der Waals surface area contributed by atoms with Gasteiger partial charge in [0.15, 0.2) is 0 Å². The van der Waals surface area contributed by atoms with E-state index in [4.69, 9.17) is 5.73 Å². The van der Waals surface area contributed by atoms with Gasteiger partial charge in [0.05, 0.1) is 0 Å². The SMILES string of the molecule is Cc1nnc(Cc2ccccc2CN)n1C1CC1. The number of hydrogen-bond acceptors (Lipinski definition) is 3. The van der Waals surface area contributed by atoms with Crippen LogP contribution in [0.25, 0.3) is 0 Å². The van der Waals surface area contributed by atoms with Crippen LogP contribution in [0, 0.1) is 6.92 Å². The van der Waals surface area contributed by atoms with Crippen LogP contribution >= 0.6 is 0 Å². The van der Waals surface area contributed by atoms with Crippen molar-refractivity contribution in [2.45, 2.75) is 38.8 Å². The third-order valence-electron chi connectivity index (χ3n) is 3.54. The molecule has 1 aromatic heterocycles. The number of aryl methyl sites for hydroxylation is 1. The maximum Gasteiger partial charge on any atom is 0.137 e. The van der Waals surface area contributed by atoms with E-state index in [0.717, 1.165) is 18.1 Å². The average Bonchev–Trinajstić information content (AvgIpc) is 3.16. The molecule has 2 aromatic rings. The van der Waals surface area contributed by atoms with Gasteiger partial charge in [0.2, 0.25) is 0 Å². The van der Waals surface area contributed by atoms with Crippen molar-refractivity contribution in [2.24, 2.45) is 5.73 Å². The van der Waals surface area contributed by atoms with E-state index in [1.165, 1.54) is 24.0 Å². The van der Waals surface area contributed by atoms with Crippen molar-refractivity contribution in [1.29, 1.82) is 0 Å². The van der Waals surface area contributed by atoms with Gasteiger partial charge in [0.1, 0.15) is 11.6 Å². The monoisotopic (exact) mass is 242 g/mol. The molecule has 0 bridgehead atoms. The summed E-state index contributed by atoms with van der Waals surface area (Å²) in [5.74, 6) is 2.09. The normalized spacial score (nSPS) is 15.0. The van der Waals surface area contributed by atoms with E-state index in [1.54, 1.807) is 0 Å². The maximum atomic E-state index is 5.78. The highest BCUT2D eigenvalue weighted by atomic mass is 15.3. The van der Waals surface area contributed by atoms with Crippen LogP contribution in [-0.2, 0) is 13.0 Å². The molecule has 1 aliphatic carbocycles. The van der Waals surface area contributed by atoms with Crippen molar-refractivity contribution in [3.05, 3.63) is 47.0 Å². The summed E-state index contributed by atoms with van der Waals surface area (Å²) < 4.78 is 2.29. The van der Waals surface area contributed by atoms with Crippen LogP contribution in [0.2, 0.25) is 0 Å². The second-order valence-electron chi connectivity index (χ2n) is 4.91. The Morgan fingerprint density at radius 3 is 2.61 bits per heavy atom. The van der Waals surface area contributed by atoms with Gasteiger partial charge in [-0.25, -0.2) is 0 Å². The van der Waals surface area contributed by atoms with Gasteiger partial charge in [-0.2, -0.15) is 0 Å². The Hall–Kier alpha value is -1.68. The molecule has 0 atom stereocenters. The van der Waals surface area contributed by atoms with Crippen LogP contribution in [0.1, 0.15) is 41.7 Å². The third kappa shape index (κ3) is 2.04. The molecule has 0 spiro atoms. The lowest BCUT2D eigenvalue weighted by Crippen LogP contribution is -2.07. The minimum Gasteiger partial charge on any atom is -0.326 e. The first-order valence-electron chi connectivity index (χ1n) is 6.47. The van der Waals surface area contributed by atoms with E-state index >= 15 is 0 Å². The molecule has 0 saturated heterocycles. The molecular weight excluding hydrogens is 224 g/mol. The van der Waals surface area contributed by atoms with Crippen LogP contribution in [-0.4, -0.2) is 14.8 Å². The zero-order valence-corrected chi connectivity index (χ0v) is 10.6. The van der Waals surface area contributed by atoms with Gasteiger partial charge >= 0.3 is 0 Å². The summed E-state index contributed by atoms with van der Waals surface area (Å²) in [4.78, 5) is 0. The second kappa shape index (κ2) is 4.53. The molecule has 0 aliphatic heterocycles. The van der Waals surface area contributed by atoms with E-state index in [0.29, 0.717) is 12.6 Å². The molecule has 18 heavy (non-hydrogen) atoms. The standard InChI is InChI=1S/C14H18N4/c1-10-16-17-14(18(10)13-6-7-13)8-11-4-2-3-5-12(11)9-15/h2-5,13H,6-9,15H2,1H3. The Morgan fingerprint density at radius 1 is 1.22 bits per heavy atom. The quantitative estimate of drug-likeness (QED) is 0.891. The minimum absolute atomic E-state index is 0.576. The number of rotatable bonds is 4. The van der Waals surface area contributed by atoms with E-state index in [9.17, 15) is 0 Å². The lowest BCUT2D eigenvalue weighted by molar-refractivity contribution is 0.672. The molecule has 1 heterocycles. The summed E-state index contributed by atoms with van der Waals surface area (Å²) in [6, 6.07) is 8.92. The fourth-order valence-electron chi connectivity index (χ4n) is 2.44. The molecule has 4 heteroatoms. The molecule has 1 saturated carbocycles. The van der Waals surface area contributed by atoms with Crippen molar-refractivity contribution < 1.29 is 0 Å². The van der Waals surface area contributed by atoms with Crippen molar-refractivity contribution >= 4 is 0 Å². The lowest BCUT2D eigenvalue weighted by Gasteiger charge is -2.09. The van der Waals surface area contributed by atoms with E-state index in [-0.39, 0.29) is 0 Å². The van der Waals surface area contributed by atoms with Crippen LogP contribution in [0.3, 0.4) is 0 Å². The zero-order chi connectivity index (χ0) is 12.5. The molecule has 94 valence electrons. The maximum absolute atomic E-state index is 5.78. The van der Waals surface area contributed by atoms with Gasteiger partial charge in [-0.05, 0) is 30.9 Å². The molecule has 0 radical (unpaired) electrons. The number of aromatic nitrogens is 3. The Labute approximate surface area is 107 Å². The summed E-state index contributed by atoms with van der Waals surface area (Å²) in [5.41, 5.74) is 8.23. The highest BCUT2D eigenvalue weighted by Crippen LogP contribution is 2.36. The molecule has 0 unspecified atom stereocenters. The molecule has 1 aliphatic rings. The third-order valence-corrected chi connectivity index (χ3v) is 3.54. The smallest absolute Gasteiger partial charge is 0.137 e. The predicted molar refractivity (Wildman–Crippen MR) is 70.2 cm³/mol. The van der Waals surface area contributed by atoms with Crippen LogP contribution < -0.4 is 5.73 Å². The van der Waals surface area contributed by atoms with Gasteiger partial charge in [0, 0.05) is 19.0 Å². The number of hydrogen-bond donors (Lipinski definition) is 1. The fourth-order valence-corrected chi connectivity index (χ4v) is 2.44. The largest absolute Gasteiger partial charge is 0.326 e. The van der Waals surface area contributed by atoms with E-state index < -0.39 is 0 Å². The molecule has 3 rings (SSSR count). The first-order valence-corrected chi connectivity index (χ1v) is 6.47. The summed E-state index contributed by atoms with van der Waals surface area (Å²) in [6.45, 7) is 2.61. The predicted octanol–water partition coefficient (Wildman–Crippen LogP) is 1.97. The Kier molecular flexibility index (Phi) is 2.88. The minimum atomic E-state index is 0.576. The highest BCUT2D eigenvalue weighted by molar-refractivity contribution is 5.29. The number of nitrogens with zero attached hydrogens (tertiary/aromatic N) is 3. The Balaban J connectivity index is 1.92.